The summed E-state index contributed by atoms with van der Waals surface area (Å²) < 4.78 is 5.69. The van der Waals surface area contributed by atoms with Crippen molar-refractivity contribution in [3.05, 3.63) is 52.5 Å². The zero-order chi connectivity index (χ0) is 15.2. The first-order chi connectivity index (χ1) is 10.1. The van der Waals surface area contributed by atoms with Crippen molar-refractivity contribution in [2.75, 3.05) is 5.32 Å². The van der Waals surface area contributed by atoms with Crippen molar-refractivity contribution in [1.82, 2.24) is 0 Å². The highest BCUT2D eigenvalue weighted by Gasteiger charge is 2.10. The highest BCUT2D eigenvalue weighted by molar-refractivity contribution is 6.34. The Morgan fingerprint density at radius 1 is 1.19 bits per heavy atom. The second-order valence-corrected chi connectivity index (χ2v) is 4.90. The van der Waals surface area contributed by atoms with Crippen LogP contribution < -0.4 is 10.1 Å². The first-order valence-electron chi connectivity index (χ1n) is 5.99. The van der Waals surface area contributed by atoms with E-state index in [9.17, 15) is 4.79 Å². The molecule has 106 valence electrons. The molecular weight excluding hydrogens is 311 g/mol. The molecule has 2 rings (SSSR count). The molecule has 6 heteroatoms. The Morgan fingerprint density at radius 3 is 2.71 bits per heavy atom. The van der Waals surface area contributed by atoms with Crippen molar-refractivity contribution in [3.8, 4) is 17.6 Å². The van der Waals surface area contributed by atoms with Crippen LogP contribution in [0, 0.1) is 11.3 Å². The van der Waals surface area contributed by atoms with Gasteiger partial charge in [-0.3, -0.25) is 4.79 Å². The molecule has 1 amide bonds. The Balaban J connectivity index is 2.26. The van der Waals surface area contributed by atoms with Crippen LogP contribution >= 0.6 is 23.2 Å². The van der Waals surface area contributed by atoms with Crippen molar-refractivity contribution >= 4 is 34.8 Å². The van der Waals surface area contributed by atoms with Crippen molar-refractivity contribution in [1.29, 1.82) is 5.26 Å². The molecule has 1 N–H and O–H groups in total. The maximum atomic E-state index is 11.5. The largest absolute Gasteiger partial charge is 0.454 e. The fraction of sp³-hybridized carbons (Fsp3) is 0.0667. The summed E-state index contributed by atoms with van der Waals surface area (Å²) in [5.41, 5.74) is 0.453. The fourth-order valence-electron chi connectivity index (χ4n) is 1.60. The van der Waals surface area contributed by atoms with Crippen LogP contribution in [-0.4, -0.2) is 5.91 Å². The number of nitrogens with one attached hydrogen (secondary N) is 1. The van der Waals surface area contributed by atoms with Gasteiger partial charge in [0.15, 0.2) is 5.75 Å². The van der Waals surface area contributed by atoms with Gasteiger partial charge in [0.25, 0.3) is 0 Å². The lowest BCUT2D eigenvalue weighted by atomic mass is 10.2. The average Bonchev–Trinajstić information content (AvgIpc) is 2.45. The maximum Gasteiger partial charge on any atom is 0.238 e. The van der Waals surface area contributed by atoms with Gasteiger partial charge in [0.2, 0.25) is 5.91 Å². The number of nitrogens with zero attached hydrogens (tertiary/aromatic N) is 1. The molecule has 4 nitrogen and oxygen atoms in total. The van der Waals surface area contributed by atoms with E-state index >= 15 is 0 Å². The van der Waals surface area contributed by atoms with Gasteiger partial charge in [-0.15, -0.1) is 0 Å². The number of hydrogen-bond donors (Lipinski definition) is 1. The summed E-state index contributed by atoms with van der Waals surface area (Å²) in [6.45, 7) is 0. The number of carbonyl (C=O) groups excluding carboxylic acids is 1. The van der Waals surface area contributed by atoms with E-state index in [1.807, 2.05) is 0 Å². The molecular formula is C15H10Cl2N2O2. The van der Waals surface area contributed by atoms with Gasteiger partial charge in [0.05, 0.1) is 16.8 Å². The third-order valence-corrected chi connectivity index (χ3v) is 3.06. The number of hydrogen-bond acceptors (Lipinski definition) is 3. The van der Waals surface area contributed by atoms with Crippen molar-refractivity contribution in [2.24, 2.45) is 0 Å². The lowest BCUT2D eigenvalue weighted by Gasteiger charge is -2.12. The summed E-state index contributed by atoms with van der Waals surface area (Å²) in [4.78, 5) is 11.5. The van der Waals surface area contributed by atoms with Crippen LogP contribution in [0.5, 0.6) is 11.5 Å². The Kier molecular flexibility index (Phi) is 5.04. The van der Waals surface area contributed by atoms with Gasteiger partial charge in [0, 0.05) is 11.1 Å². The summed E-state index contributed by atoms with van der Waals surface area (Å²) in [6, 6.07) is 13.5. The van der Waals surface area contributed by atoms with Gasteiger partial charge in [-0.25, -0.2) is 0 Å². The molecule has 2 aromatic rings. The van der Waals surface area contributed by atoms with E-state index in [0.717, 1.165) is 0 Å². The number of benzene rings is 2. The maximum absolute atomic E-state index is 11.5. The second-order valence-electron chi connectivity index (χ2n) is 4.06. The molecule has 0 atom stereocenters. The lowest BCUT2D eigenvalue weighted by molar-refractivity contribution is -0.115. The van der Waals surface area contributed by atoms with Crippen LogP contribution in [0.3, 0.4) is 0 Å². The number of para-hydroxylation sites is 2. The van der Waals surface area contributed by atoms with Crippen molar-refractivity contribution < 1.29 is 9.53 Å². The molecule has 0 radical (unpaired) electrons. The summed E-state index contributed by atoms with van der Waals surface area (Å²) >= 11 is 11.9. The quantitative estimate of drug-likeness (QED) is 0.892. The Bertz CT molecular complexity index is 711. The van der Waals surface area contributed by atoms with Gasteiger partial charge >= 0.3 is 0 Å². The van der Waals surface area contributed by atoms with Gasteiger partial charge < -0.3 is 10.1 Å². The third kappa shape index (κ3) is 4.12. The fourth-order valence-corrected chi connectivity index (χ4v) is 1.92. The Hall–Kier alpha value is -2.22. The average molecular weight is 321 g/mol. The second kappa shape index (κ2) is 6.98. The molecule has 0 unspecified atom stereocenters. The SMILES string of the molecule is N#CCC(=O)Nc1ccccc1Oc1cc(Cl)ccc1Cl. The topological polar surface area (TPSA) is 62.1 Å². The number of rotatable bonds is 4. The van der Waals surface area contributed by atoms with Crippen LogP contribution in [0.4, 0.5) is 5.69 Å². The molecule has 0 aromatic heterocycles. The zero-order valence-corrected chi connectivity index (χ0v) is 12.3. The normalized spacial score (nSPS) is 9.76. The van der Waals surface area contributed by atoms with E-state index in [0.29, 0.717) is 27.2 Å². The summed E-state index contributed by atoms with van der Waals surface area (Å²) in [5, 5.41) is 12.0. The van der Waals surface area contributed by atoms with Crippen LogP contribution in [0.2, 0.25) is 10.0 Å². The van der Waals surface area contributed by atoms with E-state index in [-0.39, 0.29) is 6.42 Å². The highest BCUT2D eigenvalue weighted by Crippen LogP contribution is 2.35. The Morgan fingerprint density at radius 2 is 1.95 bits per heavy atom. The molecule has 0 aliphatic heterocycles. The van der Waals surface area contributed by atoms with Crippen molar-refractivity contribution in [3.63, 3.8) is 0 Å². The van der Waals surface area contributed by atoms with Crippen LogP contribution in [0.25, 0.3) is 0 Å². The third-order valence-electron chi connectivity index (χ3n) is 2.51. The predicted octanol–water partition coefficient (Wildman–Crippen LogP) is 4.64. The first kappa shape index (κ1) is 15.2. The van der Waals surface area contributed by atoms with Crippen LogP contribution in [0.1, 0.15) is 6.42 Å². The Labute approximate surface area is 131 Å². The molecule has 0 aliphatic rings. The van der Waals surface area contributed by atoms with Crippen LogP contribution in [-0.2, 0) is 4.79 Å². The molecule has 21 heavy (non-hydrogen) atoms. The standard InChI is InChI=1S/C15H10Cl2N2O2/c16-10-5-6-11(17)14(9-10)21-13-4-2-1-3-12(13)19-15(20)7-8-18/h1-6,9H,7H2,(H,19,20). The molecule has 0 aliphatic carbocycles. The van der Waals surface area contributed by atoms with Gasteiger partial charge in [0.1, 0.15) is 12.2 Å². The first-order valence-corrected chi connectivity index (χ1v) is 6.74. The summed E-state index contributed by atoms with van der Waals surface area (Å²) in [5.74, 6) is 0.379. The van der Waals surface area contributed by atoms with E-state index in [4.69, 9.17) is 33.2 Å². The number of ether oxygens (including phenoxy) is 1. The molecule has 0 heterocycles. The van der Waals surface area contributed by atoms with Crippen LogP contribution in [0.15, 0.2) is 42.5 Å². The molecule has 0 saturated carbocycles. The number of anilines is 1. The predicted molar refractivity (Wildman–Crippen MR) is 81.8 cm³/mol. The molecule has 0 bridgehead atoms. The van der Waals surface area contributed by atoms with Gasteiger partial charge in [-0.2, -0.15) is 5.26 Å². The number of amides is 1. The zero-order valence-electron chi connectivity index (χ0n) is 10.8. The smallest absolute Gasteiger partial charge is 0.238 e. The molecule has 0 fully saturated rings. The highest BCUT2D eigenvalue weighted by atomic mass is 35.5. The van der Waals surface area contributed by atoms with E-state index in [1.165, 1.54) is 0 Å². The minimum Gasteiger partial charge on any atom is -0.454 e. The van der Waals surface area contributed by atoms with E-state index in [2.05, 4.69) is 5.32 Å². The minimum absolute atomic E-state index is 0.230. The monoisotopic (exact) mass is 320 g/mol. The van der Waals surface area contributed by atoms with Crippen molar-refractivity contribution in [2.45, 2.75) is 6.42 Å². The number of nitriles is 1. The molecule has 0 spiro atoms. The minimum atomic E-state index is -0.411. The van der Waals surface area contributed by atoms with Gasteiger partial charge in [-0.1, -0.05) is 35.3 Å². The van der Waals surface area contributed by atoms with E-state index < -0.39 is 5.91 Å². The molecule has 2 aromatic carbocycles. The number of halogens is 2. The van der Waals surface area contributed by atoms with E-state index in [1.54, 1.807) is 48.5 Å². The number of carbonyl (C=O) groups is 1. The molecule has 0 saturated heterocycles. The lowest BCUT2D eigenvalue weighted by Crippen LogP contribution is -2.10. The van der Waals surface area contributed by atoms with Gasteiger partial charge in [-0.05, 0) is 24.3 Å². The summed E-state index contributed by atoms with van der Waals surface area (Å²) in [6.07, 6.45) is -0.230. The summed E-state index contributed by atoms with van der Waals surface area (Å²) in [7, 11) is 0.